The Labute approximate surface area is 112 Å². The van der Waals surface area contributed by atoms with Crippen molar-refractivity contribution in [2.24, 2.45) is 5.73 Å². The molecule has 18 heavy (non-hydrogen) atoms. The van der Waals surface area contributed by atoms with Gasteiger partial charge in [-0.3, -0.25) is 4.79 Å². The summed E-state index contributed by atoms with van der Waals surface area (Å²) in [5.41, 5.74) is 6.43. The summed E-state index contributed by atoms with van der Waals surface area (Å²) in [6, 6.07) is 3.46. The van der Waals surface area contributed by atoms with Crippen LogP contribution in [0.25, 0.3) is 0 Å². The van der Waals surface area contributed by atoms with Gasteiger partial charge in [-0.25, -0.2) is 4.39 Å². The van der Waals surface area contributed by atoms with Crippen LogP contribution in [0, 0.1) is 5.82 Å². The van der Waals surface area contributed by atoms with Gasteiger partial charge in [-0.15, -0.1) is 12.4 Å². The first-order valence-electron chi connectivity index (χ1n) is 5.33. The van der Waals surface area contributed by atoms with Gasteiger partial charge in [0.1, 0.15) is 11.6 Å². The van der Waals surface area contributed by atoms with Crippen LogP contribution in [0.15, 0.2) is 18.2 Å². The van der Waals surface area contributed by atoms with E-state index in [2.05, 4.69) is 0 Å². The summed E-state index contributed by atoms with van der Waals surface area (Å²) in [5, 5.41) is 0. The zero-order chi connectivity index (χ0) is 12.8. The van der Waals surface area contributed by atoms with Crippen molar-refractivity contribution in [1.82, 2.24) is 0 Å². The standard InChI is InChI=1S/C12H16FNO3.ClH/c1-3-17-12(15)7-10(14)9-5-4-8(13)6-11(9)16-2;/h4-6,10H,3,7,14H2,1-2H3;1H/t10-;/m0./s1. The Morgan fingerprint density at radius 1 is 1.50 bits per heavy atom. The molecule has 1 rings (SSSR count). The van der Waals surface area contributed by atoms with E-state index in [4.69, 9.17) is 15.2 Å². The fourth-order valence-corrected chi connectivity index (χ4v) is 1.50. The highest BCUT2D eigenvalue weighted by atomic mass is 35.5. The third-order valence-electron chi connectivity index (χ3n) is 2.29. The second kappa shape index (κ2) is 7.89. The molecule has 0 aromatic heterocycles. The molecule has 0 amide bonds. The molecule has 1 aromatic rings. The van der Waals surface area contributed by atoms with E-state index in [0.29, 0.717) is 17.9 Å². The highest BCUT2D eigenvalue weighted by Gasteiger charge is 2.16. The lowest BCUT2D eigenvalue weighted by molar-refractivity contribution is -0.143. The minimum Gasteiger partial charge on any atom is -0.496 e. The van der Waals surface area contributed by atoms with Gasteiger partial charge in [0.15, 0.2) is 0 Å². The molecule has 102 valence electrons. The van der Waals surface area contributed by atoms with Gasteiger partial charge >= 0.3 is 5.97 Å². The number of ether oxygens (including phenoxy) is 2. The van der Waals surface area contributed by atoms with Gasteiger partial charge in [0.25, 0.3) is 0 Å². The number of hydrogen-bond donors (Lipinski definition) is 1. The number of methoxy groups -OCH3 is 1. The summed E-state index contributed by atoms with van der Waals surface area (Å²) in [5.74, 6) is -0.456. The molecule has 0 aliphatic rings. The van der Waals surface area contributed by atoms with Gasteiger partial charge in [-0.2, -0.15) is 0 Å². The lowest BCUT2D eigenvalue weighted by Crippen LogP contribution is -2.18. The largest absolute Gasteiger partial charge is 0.496 e. The summed E-state index contributed by atoms with van der Waals surface area (Å²) >= 11 is 0. The Balaban J connectivity index is 0.00000289. The predicted octanol–water partition coefficient (Wildman–Crippen LogP) is 2.21. The molecular weight excluding hydrogens is 261 g/mol. The number of halogens is 2. The zero-order valence-electron chi connectivity index (χ0n) is 10.3. The Hall–Kier alpha value is -1.33. The van der Waals surface area contributed by atoms with Crippen molar-refractivity contribution in [3.63, 3.8) is 0 Å². The van der Waals surface area contributed by atoms with E-state index in [1.807, 2.05) is 0 Å². The Bertz CT molecular complexity index is 401. The first-order valence-corrected chi connectivity index (χ1v) is 5.33. The van der Waals surface area contributed by atoms with Crippen molar-refractivity contribution in [2.45, 2.75) is 19.4 Å². The highest BCUT2D eigenvalue weighted by molar-refractivity contribution is 5.85. The van der Waals surface area contributed by atoms with E-state index in [9.17, 15) is 9.18 Å². The molecule has 0 aliphatic heterocycles. The van der Waals surface area contributed by atoms with Gasteiger partial charge in [0, 0.05) is 17.7 Å². The summed E-state index contributed by atoms with van der Waals surface area (Å²) in [6.07, 6.45) is 0.0375. The minimum atomic E-state index is -0.565. The molecule has 0 bridgehead atoms. The van der Waals surface area contributed by atoms with Crippen LogP contribution in [-0.2, 0) is 9.53 Å². The summed E-state index contributed by atoms with van der Waals surface area (Å²) in [4.78, 5) is 11.3. The lowest BCUT2D eigenvalue weighted by Gasteiger charge is -2.14. The predicted molar refractivity (Wildman–Crippen MR) is 68.4 cm³/mol. The van der Waals surface area contributed by atoms with E-state index in [-0.39, 0.29) is 24.8 Å². The SMILES string of the molecule is CCOC(=O)C[C@H](N)c1ccc(F)cc1OC.Cl. The van der Waals surface area contributed by atoms with Gasteiger partial charge in [0.2, 0.25) is 0 Å². The van der Waals surface area contributed by atoms with Crippen molar-refractivity contribution in [1.29, 1.82) is 0 Å². The number of carbonyl (C=O) groups is 1. The number of nitrogens with two attached hydrogens (primary N) is 1. The van der Waals surface area contributed by atoms with Crippen molar-refractivity contribution in [3.05, 3.63) is 29.6 Å². The van der Waals surface area contributed by atoms with Gasteiger partial charge < -0.3 is 15.2 Å². The molecule has 0 aliphatic carbocycles. The molecule has 1 aromatic carbocycles. The van der Waals surface area contributed by atoms with Crippen molar-refractivity contribution >= 4 is 18.4 Å². The number of esters is 1. The molecular formula is C12H17ClFNO3. The molecule has 4 nitrogen and oxygen atoms in total. The summed E-state index contributed by atoms with van der Waals surface area (Å²) in [7, 11) is 1.43. The quantitative estimate of drug-likeness (QED) is 0.838. The smallest absolute Gasteiger partial charge is 0.307 e. The molecule has 6 heteroatoms. The lowest BCUT2D eigenvalue weighted by atomic mass is 10.0. The normalized spacial score (nSPS) is 11.3. The van der Waals surface area contributed by atoms with Crippen LogP contribution in [-0.4, -0.2) is 19.7 Å². The van der Waals surface area contributed by atoms with Gasteiger partial charge in [-0.05, 0) is 13.0 Å². The van der Waals surface area contributed by atoms with Crippen LogP contribution in [0.1, 0.15) is 24.9 Å². The monoisotopic (exact) mass is 277 g/mol. The summed E-state index contributed by atoms with van der Waals surface area (Å²) in [6.45, 7) is 2.04. The number of hydrogen-bond acceptors (Lipinski definition) is 4. The van der Waals surface area contributed by atoms with Crippen molar-refractivity contribution in [2.75, 3.05) is 13.7 Å². The zero-order valence-corrected chi connectivity index (χ0v) is 11.1. The fraction of sp³-hybridized carbons (Fsp3) is 0.417. The van der Waals surface area contributed by atoms with Crippen molar-refractivity contribution in [3.8, 4) is 5.75 Å². The minimum absolute atomic E-state index is 0. The molecule has 0 saturated heterocycles. The first-order chi connectivity index (χ1) is 8.08. The van der Waals surface area contributed by atoms with Crippen LogP contribution < -0.4 is 10.5 Å². The molecule has 0 heterocycles. The summed E-state index contributed by atoms with van der Waals surface area (Å²) < 4.78 is 22.8. The van der Waals surface area contributed by atoms with Crippen LogP contribution >= 0.6 is 12.4 Å². The molecule has 2 N–H and O–H groups in total. The van der Waals surface area contributed by atoms with Gasteiger partial charge in [-0.1, -0.05) is 6.07 Å². The van der Waals surface area contributed by atoms with Gasteiger partial charge in [0.05, 0.1) is 20.1 Å². The molecule has 0 fully saturated rings. The van der Waals surface area contributed by atoms with Crippen LogP contribution in [0.5, 0.6) is 5.75 Å². The Morgan fingerprint density at radius 3 is 2.72 bits per heavy atom. The highest BCUT2D eigenvalue weighted by Crippen LogP contribution is 2.26. The second-order valence-electron chi connectivity index (χ2n) is 3.50. The molecule has 0 saturated carbocycles. The average Bonchev–Trinajstić information content (AvgIpc) is 2.28. The maximum absolute atomic E-state index is 13.0. The van der Waals surface area contributed by atoms with E-state index in [1.54, 1.807) is 6.92 Å². The number of carbonyl (C=O) groups excluding carboxylic acids is 1. The average molecular weight is 278 g/mol. The van der Waals surface area contributed by atoms with Crippen LogP contribution in [0.2, 0.25) is 0 Å². The second-order valence-corrected chi connectivity index (χ2v) is 3.50. The topological polar surface area (TPSA) is 61.5 Å². The number of benzene rings is 1. The Kier molecular flexibility index (Phi) is 7.31. The van der Waals surface area contributed by atoms with E-state index in [0.717, 1.165) is 0 Å². The first kappa shape index (κ1) is 16.7. The molecule has 0 unspecified atom stereocenters. The van der Waals surface area contributed by atoms with Crippen LogP contribution in [0.3, 0.4) is 0 Å². The fourth-order valence-electron chi connectivity index (χ4n) is 1.50. The maximum Gasteiger partial charge on any atom is 0.307 e. The van der Waals surface area contributed by atoms with Crippen molar-refractivity contribution < 1.29 is 18.7 Å². The van der Waals surface area contributed by atoms with E-state index in [1.165, 1.54) is 25.3 Å². The third kappa shape index (κ3) is 4.50. The van der Waals surface area contributed by atoms with E-state index < -0.39 is 11.9 Å². The van der Waals surface area contributed by atoms with Crippen LogP contribution in [0.4, 0.5) is 4.39 Å². The third-order valence-corrected chi connectivity index (χ3v) is 2.29. The van der Waals surface area contributed by atoms with E-state index >= 15 is 0 Å². The number of rotatable bonds is 5. The molecule has 0 spiro atoms. The maximum atomic E-state index is 13.0. The molecule has 0 radical (unpaired) electrons. The Morgan fingerprint density at radius 2 is 2.17 bits per heavy atom. The molecule has 1 atom stereocenters.